The summed E-state index contributed by atoms with van der Waals surface area (Å²) in [4.78, 5) is 0. The maximum Gasteiger partial charge on any atom is 0.184 e. The Morgan fingerprint density at radius 1 is 1.08 bits per heavy atom. The molecule has 0 aromatic heterocycles. The number of fused-ring (bicyclic) bond motifs is 2. The Hall–Kier alpha value is -1.24. The minimum absolute atomic E-state index is 0.0275. The number of aliphatic hydroxyl groups is 1. The summed E-state index contributed by atoms with van der Waals surface area (Å²) in [7, 11) is 0. The van der Waals surface area contributed by atoms with E-state index in [0.717, 1.165) is 18.4 Å². The van der Waals surface area contributed by atoms with Crippen molar-refractivity contribution in [3.05, 3.63) is 48.6 Å². The van der Waals surface area contributed by atoms with Gasteiger partial charge in [0.2, 0.25) is 0 Å². The molecule has 5 heteroatoms. The predicted molar refractivity (Wildman–Crippen MR) is 92.0 cm³/mol. The highest BCUT2D eigenvalue weighted by molar-refractivity contribution is 5.16. The van der Waals surface area contributed by atoms with Crippen LogP contribution in [-0.4, -0.2) is 47.8 Å². The monoisotopic (exact) mass is 346 g/mol. The van der Waals surface area contributed by atoms with E-state index in [4.69, 9.17) is 18.9 Å². The number of rotatable bonds is 2. The van der Waals surface area contributed by atoms with Crippen molar-refractivity contribution in [2.45, 2.75) is 68.6 Å². The van der Waals surface area contributed by atoms with Gasteiger partial charge in [-0.15, -0.1) is 6.58 Å². The number of hydrogen-bond acceptors (Lipinski definition) is 5. The molecular weight excluding hydrogens is 320 g/mol. The first-order valence-electron chi connectivity index (χ1n) is 9.06. The average Bonchev–Trinajstić information content (AvgIpc) is 2.81. The quantitative estimate of drug-likeness (QED) is 0.835. The molecule has 0 unspecified atom stereocenters. The summed E-state index contributed by atoms with van der Waals surface area (Å²) in [5, 5.41) is 10.4. The van der Waals surface area contributed by atoms with Gasteiger partial charge in [0.15, 0.2) is 6.29 Å². The molecule has 0 radical (unpaired) electrons. The first kappa shape index (κ1) is 17.2. The molecule has 136 valence electrons. The van der Waals surface area contributed by atoms with Gasteiger partial charge in [0.05, 0.1) is 31.0 Å². The molecule has 0 aliphatic carbocycles. The van der Waals surface area contributed by atoms with Gasteiger partial charge in [0.25, 0.3) is 0 Å². The zero-order valence-electron chi connectivity index (χ0n) is 14.5. The lowest BCUT2D eigenvalue weighted by Gasteiger charge is -2.44. The van der Waals surface area contributed by atoms with Gasteiger partial charge < -0.3 is 24.1 Å². The highest BCUT2D eigenvalue weighted by atomic mass is 16.7. The lowest BCUT2D eigenvalue weighted by Crippen LogP contribution is -2.54. The van der Waals surface area contributed by atoms with Crippen LogP contribution in [0.4, 0.5) is 0 Å². The fourth-order valence-electron chi connectivity index (χ4n) is 3.95. The van der Waals surface area contributed by atoms with Crippen molar-refractivity contribution in [3.8, 4) is 0 Å². The normalized spacial score (nSPS) is 44.2. The van der Waals surface area contributed by atoms with Crippen LogP contribution >= 0.6 is 0 Å². The van der Waals surface area contributed by atoms with Crippen molar-refractivity contribution < 1.29 is 24.1 Å². The Labute approximate surface area is 148 Å². The van der Waals surface area contributed by atoms with E-state index in [0.29, 0.717) is 13.0 Å². The van der Waals surface area contributed by atoms with E-state index in [9.17, 15) is 5.11 Å². The molecule has 3 aliphatic heterocycles. The summed E-state index contributed by atoms with van der Waals surface area (Å²) in [6.07, 6.45) is 2.59. The van der Waals surface area contributed by atoms with Gasteiger partial charge in [0.1, 0.15) is 11.7 Å². The number of hydrogen-bond donors (Lipinski definition) is 1. The smallest absolute Gasteiger partial charge is 0.184 e. The highest BCUT2D eigenvalue weighted by Crippen LogP contribution is 2.39. The van der Waals surface area contributed by atoms with Gasteiger partial charge in [-0.1, -0.05) is 36.4 Å². The molecule has 3 heterocycles. The van der Waals surface area contributed by atoms with Crippen molar-refractivity contribution in [1.29, 1.82) is 0 Å². The van der Waals surface area contributed by atoms with E-state index in [-0.39, 0.29) is 30.7 Å². The van der Waals surface area contributed by atoms with Crippen molar-refractivity contribution in [2.24, 2.45) is 0 Å². The first-order valence-corrected chi connectivity index (χ1v) is 9.06. The van der Waals surface area contributed by atoms with Crippen LogP contribution in [0.3, 0.4) is 0 Å². The summed E-state index contributed by atoms with van der Waals surface area (Å²) >= 11 is 0. The molecule has 0 amide bonds. The third-order valence-electron chi connectivity index (χ3n) is 5.62. The third-order valence-corrected chi connectivity index (χ3v) is 5.62. The summed E-state index contributed by atoms with van der Waals surface area (Å²) in [5.74, 6) is 0. The molecular formula is C20H26O5. The van der Waals surface area contributed by atoms with Crippen LogP contribution in [0, 0.1) is 0 Å². The number of ether oxygens (including phenoxy) is 4. The molecule has 5 nitrogen and oxygen atoms in total. The van der Waals surface area contributed by atoms with Crippen LogP contribution < -0.4 is 0 Å². The summed E-state index contributed by atoms with van der Waals surface area (Å²) in [6.45, 7) is 6.18. The minimum atomic E-state index is -0.718. The fraction of sp³-hybridized carbons (Fsp3) is 0.600. The van der Waals surface area contributed by atoms with Gasteiger partial charge >= 0.3 is 0 Å². The predicted octanol–water partition coefficient (Wildman–Crippen LogP) is 2.74. The zero-order chi connectivity index (χ0) is 17.4. The molecule has 0 saturated carbocycles. The van der Waals surface area contributed by atoms with Crippen LogP contribution in [0.2, 0.25) is 0 Å². The van der Waals surface area contributed by atoms with Gasteiger partial charge in [-0.2, -0.15) is 0 Å². The minimum Gasteiger partial charge on any atom is -0.390 e. The van der Waals surface area contributed by atoms with Crippen LogP contribution in [0.15, 0.2) is 43.0 Å². The largest absolute Gasteiger partial charge is 0.390 e. The second kappa shape index (κ2) is 6.82. The molecule has 0 spiro atoms. The molecule has 1 aromatic carbocycles. The molecule has 1 N–H and O–H groups in total. The molecule has 1 aromatic rings. The number of aliphatic hydroxyl groups excluding tert-OH is 1. The topological polar surface area (TPSA) is 57.2 Å². The van der Waals surface area contributed by atoms with Crippen molar-refractivity contribution in [2.75, 3.05) is 6.61 Å². The summed E-state index contributed by atoms with van der Waals surface area (Å²) in [5.41, 5.74) is 0.303. The van der Waals surface area contributed by atoms with Crippen LogP contribution in [0.25, 0.3) is 0 Å². The maximum atomic E-state index is 10.4. The van der Waals surface area contributed by atoms with E-state index in [2.05, 4.69) is 6.58 Å². The molecule has 3 aliphatic rings. The lowest BCUT2D eigenvalue weighted by molar-refractivity contribution is -0.280. The van der Waals surface area contributed by atoms with E-state index >= 15 is 0 Å². The second-order valence-corrected chi connectivity index (χ2v) is 7.34. The maximum absolute atomic E-state index is 10.4. The first-order chi connectivity index (χ1) is 12.1. The van der Waals surface area contributed by atoms with Gasteiger partial charge in [-0.05, 0) is 19.8 Å². The Morgan fingerprint density at radius 3 is 2.60 bits per heavy atom. The van der Waals surface area contributed by atoms with Crippen LogP contribution in [0.1, 0.15) is 38.0 Å². The molecule has 25 heavy (non-hydrogen) atoms. The lowest BCUT2D eigenvalue weighted by atomic mass is 9.87. The standard InChI is InChI=1S/C20H26O5/c1-3-20(2)18(21)11-16-15(25-20)10-9-14-17(23-16)12-22-19(24-14)13-7-5-4-6-8-13/h3-8,14-19,21H,1,9-12H2,2H3/t14-,15+,16-,17+,18+,19+,20-/m0/s1. The van der Waals surface area contributed by atoms with Crippen molar-refractivity contribution in [3.63, 3.8) is 0 Å². The van der Waals surface area contributed by atoms with Crippen molar-refractivity contribution in [1.82, 2.24) is 0 Å². The molecule has 3 fully saturated rings. The Morgan fingerprint density at radius 2 is 1.84 bits per heavy atom. The molecule has 3 saturated heterocycles. The zero-order valence-corrected chi connectivity index (χ0v) is 14.5. The van der Waals surface area contributed by atoms with E-state index in [1.54, 1.807) is 6.08 Å². The van der Waals surface area contributed by atoms with Gasteiger partial charge in [0, 0.05) is 12.0 Å². The highest BCUT2D eigenvalue weighted by Gasteiger charge is 2.48. The Kier molecular flexibility index (Phi) is 4.69. The van der Waals surface area contributed by atoms with Crippen LogP contribution in [0.5, 0.6) is 0 Å². The summed E-state index contributed by atoms with van der Waals surface area (Å²) in [6, 6.07) is 9.97. The average molecular weight is 346 g/mol. The third kappa shape index (κ3) is 3.27. The SMILES string of the molecule is C=C[C@]1(C)O[C@@H]2CC[C@@H]3O[C@H](c4ccccc4)OC[C@H]3O[C@H]2C[C@H]1O. The Bertz CT molecular complexity index is 605. The second-order valence-electron chi connectivity index (χ2n) is 7.34. The van der Waals surface area contributed by atoms with E-state index < -0.39 is 11.7 Å². The van der Waals surface area contributed by atoms with Gasteiger partial charge in [-0.25, -0.2) is 0 Å². The fourth-order valence-corrected chi connectivity index (χ4v) is 3.95. The Balaban J connectivity index is 1.46. The van der Waals surface area contributed by atoms with E-state index in [1.165, 1.54) is 0 Å². The van der Waals surface area contributed by atoms with E-state index in [1.807, 2.05) is 37.3 Å². The number of benzene rings is 1. The molecule has 4 rings (SSSR count). The summed E-state index contributed by atoms with van der Waals surface area (Å²) < 4.78 is 24.5. The van der Waals surface area contributed by atoms with Crippen LogP contribution in [-0.2, 0) is 18.9 Å². The van der Waals surface area contributed by atoms with Crippen molar-refractivity contribution >= 4 is 0 Å². The molecule has 0 bridgehead atoms. The molecule has 7 atom stereocenters. The van der Waals surface area contributed by atoms with Gasteiger partial charge in [-0.3, -0.25) is 0 Å².